The standard InChI is InChI=1S/C12H19N3O2/c1-8(2)11-10(12(16)17)13-14-15(11)7-6-9-4-3-5-9/h8-9H,3-7H2,1-2H3,(H,16,17). The number of aromatic nitrogens is 3. The Hall–Kier alpha value is -1.39. The fourth-order valence-electron chi connectivity index (χ4n) is 2.30. The van der Waals surface area contributed by atoms with Crippen molar-refractivity contribution in [3.8, 4) is 0 Å². The van der Waals surface area contributed by atoms with Crippen LogP contribution in [-0.4, -0.2) is 26.1 Å². The van der Waals surface area contributed by atoms with E-state index in [0.717, 1.165) is 24.6 Å². The molecule has 0 unspecified atom stereocenters. The summed E-state index contributed by atoms with van der Waals surface area (Å²) < 4.78 is 1.77. The van der Waals surface area contributed by atoms with E-state index < -0.39 is 5.97 Å². The zero-order chi connectivity index (χ0) is 12.4. The van der Waals surface area contributed by atoms with Gasteiger partial charge >= 0.3 is 5.97 Å². The van der Waals surface area contributed by atoms with E-state index in [0.29, 0.717) is 0 Å². The van der Waals surface area contributed by atoms with E-state index in [2.05, 4.69) is 10.3 Å². The predicted octanol–water partition coefficient (Wildman–Crippen LogP) is 2.29. The highest BCUT2D eigenvalue weighted by molar-refractivity contribution is 5.86. The Bertz CT molecular complexity index is 408. The molecule has 17 heavy (non-hydrogen) atoms. The summed E-state index contributed by atoms with van der Waals surface area (Å²) >= 11 is 0. The number of hydrogen-bond donors (Lipinski definition) is 1. The van der Waals surface area contributed by atoms with E-state index in [1.54, 1.807) is 4.68 Å². The maximum Gasteiger partial charge on any atom is 0.358 e. The first-order chi connectivity index (χ1) is 8.09. The van der Waals surface area contributed by atoms with E-state index in [1.165, 1.54) is 19.3 Å². The molecule has 2 rings (SSSR count). The van der Waals surface area contributed by atoms with Gasteiger partial charge in [-0.05, 0) is 18.3 Å². The average molecular weight is 237 g/mol. The Morgan fingerprint density at radius 1 is 1.53 bits per heavy atom. The quantitative estimate of drug-likeness (QED) is 0.853. The Kier molecular flexibility index (Phi) is 3.45. The molecule has 0 bridgehead atoms. The maximum atomic E-state index is 11.0. The maximum absolute atomic E-state index is 11.0. The van der Waals surface area contributed by atoms with Crippen LogP contribution in [0.3, 0.4) is 0 Å². The number of carboxylic acid groups (broad SMARTS) is 1. The molecule has 94 valence electrons. The van der Waals surface area contributed by atoms with Gasteiger partial charge < -0.3 is 5.11 Å². The second-order valence-corrected chi connectivity index (χ2v) is 5.09. The number of carboxylic acids is 1. The topological polar surface area (TPSA) is 68.0 Å². The molecule has 1 fully saturated rings. The van der Waals surface area contributed by atoms with Gasteiger partial charge in [0, 0.05) is 6.54 Å². The highest BCUT2D eigenvalue weighted by Crippen LogP contribution is 2.30. The van der Waals surface area contributed by atoms with E-state index in [9.17, 15) is 4.79 Å². The molecule has 5 nitrogen and oxygen atoms in total. The van der Waals surface area contributed by atoms with Crippen molar-refractivity contribution in [1.29, 1.82) is 0 Å². The van der Waals surface area contributed by atoms with Gasteiger partial charge in [0.25, 0.3) is 0 Å². The number of nitrogens with zero attached hydrogens (tertiary/aromatic N) is 3. The number of hydrogen-bond acceptors (Lipinski definition) is 3. The summed E-state index contributed by atoms with van der Waals surface area (Å²) in [5, 5.41) is 16.8. The molecule has 0 atom stereocenters. The Labute approximate surface area is 101 Å². The third kappa shape index (κ3) is 2.48. The van der Waals surface area contributed by atoms with Crippen LogP contribution in [0.2, 0.25) is 0 Å². The lowest BCUT2D eigenvalue weighted by atomic mass is 9.83. The van der Waals surface area contributed by atoms with Gasteiger partial charge in [-0.1, -0.05) is 38.3 Å². The minimum Gasteiger partial charge on any atom is -0.476 e. The minimum atomic E-state index is -0.983. The smallest absolute Gasteiger partial charge is 0.358 e. The lowest BCUT2D eigenvalue weighted by Gasteiger charge is -2.25. The first-order valence-electron chi connectivity index (χ1n) is 6.26. The van der Waals surface area contributed by atoms with Gasteiger partial charge in [0.2, 0.25) is 0 Å². The molecule has 1 aliphatic rings. The second kappa shape index (κ2) is 4.85. The van der Waals surface area contributed by atoms with Gasteiger partial charge in [0.15, 0.2) is 5.69 Å². The van der Waals surface area contributed by atoms with Crippen LogP contribution in [0.1, 0.15) is 61.6 Å². The number of rotatable bonds is 5. The van der Waals surface area contributed by atoms with E-state index in [-0.39, 0.29) is 11.6 Å². The van der Waals surface area contributed by atoms with Crippen molar-refractivity contribution in [3.05, 3.63) is 11.4 Å². The van der Waals surface area contributed by atoms with Crippen molar-refractivity contribution in [2.75, 3.05) is 0 Å². The van der Waals surface area contributed by atoms with Crippen LogP contribution in [-0.2, 0) is 6.54 Å². The van der Waals surface area contributed by atoms with Crippen LogP contribution in [0.5, 0.6) is 0 Å². The molecule has 5 heteroatoms. The normalized spacial score (nSPS) is 16.2. The molecular formula is C12H19N3O2. The van der Waals surface area contributed by atoms with Gasteiger partial charge in [0.05, 0.1) is 5.69 Å². The molecule has 1 aromatic heterocycles. The second-order valence-electron chi connectivity index (χ2n) is 5.09. The van der Waals surface area contributed by atoms with Crippen molar-refractivity contribution in [3.63, 3.8) is 0 Å². The van der Waals surface area contributed by atoms with Gasteiger partial charge in [-0.2, -0.15) is 0 Å². The molecule has 0 amide bonds. The third-order valence-corrected chi connectivity index (χ3v) is 3.50. The molecule has 0 aromatic carbocycles. The first kappa shape index (κ1) is 12.1. The van der Waals surface area contributed by atoms with Crippen molar-refractivity contribution >= 4 is 5.97 Å². The lowest BCUT2D eigenvalue weighted by Crippen LogP contribution is -2.16. The average Bonchev–Trinajstić information content (AvgIpc) is 2.59. The zero-order valence-electron chi connectivity index (χ0n) is 10.4. The van der Waals surface area contributed by atoms with Crippen LogP contribution in [0.15, 0.2) is 0 Å². The summed E-state index contributed by atoms with van der Waals surface area (Å²) in [7, 11) is 0. The highest BCUT2D eigenvalue weighted by Gasteiger charge is 2.23. The Balaban J connectivity index is 2.11. The molecule has 1 aliphatic carbocycles. The van der Waals surface area contributed by atoms with E-state index in [4.69, 9.17) is 5.11 Å². The van der Waals surface area contributed by atoms with E-state index in [1.807, 2.05) is 13.8 Å². The molecule has 1 heterocycles. The Morgan fingerprint density at radius 2 is 2.24 bits per heavy atom. The van der Waals surface area contributed by atoms with Crippen molar-refractivity contribution in [1.82, 2.24) is 15.0 Å². The van der Waals surface area contributed by atoms with Crippen molar-refractivity contribution in [2.45, 2.75) is 52.0 Å². The van der Waals surface area contributed by atoms with Crippen LogP contribution < -0.4 is 0 Å². The summed E-state index contributed by atoms with van der Waals surface area (Å²) in [5.74, 6) is -0.0476. The number of aryl methyl sites for hydroxylation is 1. The molecule has 0 aliphatic heterocycles. The van der Waals surface area contributed by atoms with Gasteiger partial charge in [-0.3, -0.25) is 0 Å². The molecule has 0 saturated heterocycles. The Morgan fingerprint density at radius 3 is 2.71 bits per heavy atom. The van der Waals surface area contributed by atoms with E-state index >= 15 is 0 Å². The summed E-state index contributed by atoms with van der Waals surface area (Å²) in [5.41, 5.74) is 0.852. The van der Waals surface area contributed by atoms with Crippen LogP contribution in [0.25, 0.3) is 0 Å². The first-order valence-corrected chi connectivity index (χ1v) is 6.26. The van der Waals surface area contributed by atoms with Crippen LogP contribution in [0.4, 0.5) is 0 Å². The fourth-order valence-corrected chi connectivity index (χ4v) is 2.30. The molecule has 1 saturated carbocycles. The predicted molar refractivity (Wildman–Crippen MR) is 63.0 cm³/mol. The molecule has 1 N–H and O–H groups in total. The lowest BCUT2D eigenvalue weighted by molar-refractivity contribution is 0.0688. The van der Waals surface area contributed by atoms with Gasteiger partial charge in [-0.25, -0.2) is 9.48 Å². The van der Waals surface area contributed by atoms with Gasteiger partial charge in [-0.15, -0.1) is 5.10 Å². The summed E-state index contributed by atoms with van der Waals surface area (Å²) in [6.45, 7) is 4.74. The summed E-state index contributed by atoms with van der Waals surface area (Å²) in [6, 6.07) is 0. The fraction of sp³-hybridized carbons (Fsp3) is 0.750. The number of aromatic carboxylic acids is 1. The summed E-state index contributed by atoms with van der Waals surface area (Å²) in [4.78, 5) is 11.0. The monoisotopic (exact) mass is 237 g/mol. The molecular weight excluding hydrogens is 218 g/mol. The largest absolute Gasteiger partial charge is 0.476 e. The minimum absolute atomic E-state index is 0.105. The van der Waals surface area contributed by atoms with Crippen LogP contribution >= 0.6 is 0 Å². The zero-order valence-corrected chi connectivity index (χ0v) is 10.4. The van der Waals surface area contributed by atoms with Crippen LogP contribution in [0, 0.1) is 5.92 Å². The molecule has 0 radical (unpaired) electrons. The molecule has 1 aromatic rings. The van der Waals surface area contributed by atoms with Crippen molar-refractivity contribution < 1.29 is 9.90 Å². The molecule has 0 spiro atoms. The SMILES string of the molecule is CC(C)c1c(C(=O)O)nnn1CCC1CCC1. The third-order valence-electron chi connectivity index (χ3n) is 3.50. The summed E-state index contributed by atoms with van der Waals surface area (Å²) in [6.07, 6.45) is 5.02. The van der Waals surface area contributed by atoms with Crippen molar-refractivity contribution in [2.24, 2.45) is 5.92 Å². The number of carbonyl (C=O) groups is 1. The highest BCUT2D eigenvalue weighted by atomic mass is 16.4. The van der Waals surface area contributed by atoms with Gasteiger partial charge in [0.1, 0.15) is 0 Å².